The average molecular weight is 249 g/mol. The number of aryl methyl sites for hydroxylation is 1. The Kier molecular flexibility index (Phi) is 4.99. The molecule has 0 saturated heterocycles. The Morgan fingerprint density at radius 2 is 2.06 bits per heavy atom. The van der Waals surface area contributed by atoms with Crippen LogP contribution in [0.2, 0.25) is 0 Å². The SMILES string of the molecule is CCc1cccc(NCCSC(F)(F)F)c1. The number of nitrogens with one attached hydrogen (secondary N) is 1. The Morgan fingerprint density at radius 3 is 2.69 bits per heavy atom. The van der Waals surface area contributed by atoms with E-state index >= 15 is 0 Å². The van der Waals surface area contributed by atoms with Crippen LogP contribution in [0.4, 0.5) is 18.9 Å². The van der Waals surface area contributed by atoms with Crippen molar-refractivity contribution in [2.45, 2.75) is 18.9 Å². The predicted molar refractivity (Wildman–Crippen MR) is 62.8 cm³/mol. The summed E-state index contributed by atoms with van der Waals surface area (Å²) in [6.45, 7) is 2.36. The van der Waals surface area contributed by atoms with E-state index in [9.17, 15) is 13.2 Å². The minimum Gasteiger partial charge on any atom is -0.384 e. The van der Waals surface area contributed by atoms with Gasteiger partial charge in [0.15, 0.2) is 0 Å². The molecule has 0 aliphatic heterocycles. The molecule has 0 atom stereocenters. The summed E-state index contributed by atoms with van der Waals surface area (Å²) in [7, 11) is 0. The molecule has 0 heterocycles. The fourth-order valence-electron chi connectivity index (χ4n) is 1.26. The van der Waals surface area contributed by atoms with Crippen molar-refractivity contribution in [1.82, 2.24) is 0 Å². The van der Waals surface area contributed by atoms with E-state index in [1.165, 1.54) is 5.56 Å². The molecule has 0 unspecified atom stereocenters. The number of hydrogen-bond donors (Lipinski definition) is 1. The third-order valence-corrected chi connectivity index (χ3v) is 2.77. The second-order valence-corrected chi connectivity index (χ2v) is 4.43. The van der Waals surface area contributed by atoms with Gasteiger partial charge in [0.1, 0.15) is 0 Å². The van der Waals surface area contributed by atoms with Gasteiger partial charge < -0.3 is 5.32 Å². The Bertz CT molecular complexity index is 325. The fourth-order valence-corrected chi connectivity index (χ4v) is 1.70. The molecule has 5 heteroatoms. The first kappa shape index (κ1) is 13.2. The number of halogens is 3. The van der Waals surface area contributed by atoms with Crippen molar-refractivity contribution in [3.05, 3.63) is 29.8 Å². The second-order valence-electron chi connectivity index (χ2n) is 3.27. The molecular weight excluding hydrogens is 235 g/mol. The number of alkyl halides is 3. The third-order valence-electron chi connectivity index (χ3n) is 2.03. The highest BCUT2D eigenvalue weighted by atomic mass is 32.2. The van der Waals surface area contributed by atoms with E-state index in [1.54, 1.807) is 0 Å². The molecule has 0 amide bonds. The second kappa shape index (κ2) is 6.03. The normalized spacial score (nSPS) is 11.5. The summed E-state index contributed by atoms with van der Waals surface area (Å²) in [6, 6.07) is 7.71. The van der Waals surface area contributed by atoms with Crippen molar-refractivity contribution in [1.29, 1.82) is 0 Å². The van der Waals surface area contributed by atoms with Crippen molar-refractivity contribution in [2.24, 2.45) is 0 Å². The summed E-state index contributed by atoms with van der Waals surface area (Å²) >= 11 is 0.000269. The maximum absolute atomic E-state index is 11.8. The van der Waals surface area contributed by atoms with Crippen LogP contribution in [0.5, 0.6) is 0 Å². The molecule has 0 aliphatic carbocycles. The molecule has 0 aromatic heterocycles. The van der Waals surface area contributed by atoms with Crippen LogP contribution in [0.15, 0.2) is 24.3 Å². The van der Waals surface area contributed by atoms with E-state index in [4.69, 9.17) is 0 Å². The summed E-state index contributed by atoms with van der Waals surface area (Å²) in [5.41, 5.74) is -2.08. The standard InChI is InChI=1S/C11H14F3NS/c1-2-9-4-3-5-10(8-9)15-6-7-16-11(12,13)14/h3-5,8,15H,2,6-7H2,1H3. The lowest BCUT2D eigenvalue weighted by molar-refractivity contribution is -0.0327. The first-order chi connectivity index (χ1) is 7.51. The Labute approximate surface area is 97.4 Å². The van der Waals surface area contributed by atoms with Gasteiger partial charge in [-0.15, -0.1) is 0 Å². The van der Waals surface area contributed by atoms with Crippen LogP contribution in [0.3, 0.4) is 0 Å². The van der Waals surface area contributed by atoms with Gasteiger partial charge in [0, 0.05) is 18.0 Å². The van der Waals surface area contributed by atoms with Crippen LogP contribution in [-0.2, 0) is 6.42 Å². The van der Waals surface area contributed by atoms with Crippen LogP contribution in [0.1, 0.15) is 12.5 Å². The zero-order valence-electron chi connectivity index (χ0n) is 8.97. The van der Waals surface area contributed by atoms with Gasteiger partial charge in [-0.25, -0.2) is 0 Å². The zero-order chi connectivity index (χ0) is 12.0. The maximum Gasteiger partial charge on any atom is 0.441 e. The Morgan fingerprint density at radius 1 is 1.31 bits per heavy atom. The van der Waals surface area contributed by atoms with Crippen molar-refractivity contribution < 1.29 is 13.2 Å². The highest BCUT2D eigenvalue weighted by Gasteiger charge is 2.27. The van der Waals surface area contributed by atoms with Gasteiger partial charge in [0.2, 0.25) is 0 Å². The maximum atomic E-state index is 11.8. The number of benzene rings is 1. The molecule has 1 nitrogen and oxygen atoms in total. The minimum atomic E-state index is -4.13. The molecule has 0 radical (unpaired) electrons. The molecule has 1 aromatic carbocycles. The van der Waals surface area contributed by atoms with Crippen LogP contribution >= 0.6 is 11.8 Å². The van der Waals surface area contributed by atoms with Crippen LogP contribution in [0.25, 0.3) is 0 Å². The Hall–Kier alpha value is -0.840. The lowest BCUT2D eigenvalue weighted by Crippen LogP contribution is -2.09. The zero-order valence-corrected chi connectivity index (χ0v) is 9.79. The number of rotatable bonds is 5. The topological polar surface area (TPSA) is 12.0 Å². The first-order valence-electron chi connectivity index (χ1n) is 5.05. The predicted octanol–water partition coefficient (Wildman–Crippen LogP) is 3.91. The van der Waals surface area contributed by atoms with Gasteiger partial charge in [-0.1, -0.05) is 19.1 Å². The highest BCUT2D eigenvalue weighted by molar-refractivity contribution is 8.00. The summed E-state index contributed by atoms with van der Waals surface area (Å²) in [4.78, 5) is 0. The molecule has 90 valence electrons. The van der Waals surface area contributed by atoms with Crippen LogP contribution < -0.4 is 5.32 Å². The molecule has 0 aliphatic rings. The highest BCUT2D eigenvalue weighted by Crippen LogP contribution is 2.29. The third kappa shape index (κ3) is 5.30. The van der Waals surface area contributed by atoms with Crippen LogP contribution in [0, 0.1) is 0 Å². The van der Waals surface area contributed by atoms with Gasteiger partial charge in [-0.05, 0) is 35.9 Å². The Balaban J connectivity index is 2.32. The summed E-state index contributed by atoms with van der Waals surface area (Å²) in [6.07, 6.45) is 0.923. The lowest BCUT2D eigenvalue weighted by atomic mass is 10.1. The molecule has 1 N–H and O–H groups in total. The molecular formula is C11H14F3NS. The fraction of sp³-hybridized carbons (Fsp3) is 0.455. The largest absolute Gasteiger partial charge is 0.441 e. The van der Waals surface area contributed by atoms with Crippen molar-refractivity contribution in [2.75, 3.05) is 17.6 Å². The average Bonchev–Trinajstić information content (AvgIpc) is 2.23. The molecule has 0 fully saturated rings. The van der Waals surface area contributed by atoms with E-state index < -0.39 is 5.51 Å². The van der Waals surface area contributed by atoms with Crippen LogP contribution in [-0.4, -0.2) is 17.8 Å². The van der Waals surface area contributed by atoms with Crippen molar-refractivity contribution in [3.8, 4) is 0 Å². The van der Waals surface area contributed by atoms with E-state index in [0.717, 1.165) is 12.1 Å². The van der Waals surface area contributed by atoms with E-state index in [2.05, 4.69) is 5.32 Å². The van der Waals surface area contributed by atoms with Gasteiger partial charge in [-0.2, -0.15) is 13.2 Å². The molecule has 1 rings (SSSR count). The summed E-state index contributed by atoms with van der Waals surface area (Å²) < 4.78 is 35.5. The van der Waals surface area contributed by atoms with Gasteiger partial charge in [0.25, 0.3) is 0 Å². The smallest absolute Gasteiger partial charge is 0.384 e. The molecule has 1 aromatic rings. The summed E-state index contributed by atoms with van der Waals surface area (Å²) in [5.74, 6) is 0.0276. The van der Waals surface area contributed by atoms with Gasteiger partial charge in [-0.3, -0.25) is 0 Å². The minimum absolute atomic E-state index is 0.000269. The molecule has 0 spiro atoms. The lowest BCUT2D eigenvalue weighted by Gasteiger charge is -2.08. The van der Waals surface area contributed by atoms with E-state index in [0.29, 0.717) is 6.54 Å². The van der Waals surface area contributed by atoms with Gasteiger partial charge >= 0.3 is 5.51 Å². The molecule has 0 bridgehead atoms. The number of anilines is 1. The quantitative estimate of drug-likeness (QED) is 0.794. The number of thioether (sulfide) groups is 1. The van der Waals surface area contributed by atoms with Crippen molar-refractivity contribution >= 4 is 17.4 Å². The first-order valence-corrected chi connectivity index (χ1v) is 6.03. The van der Waals surface area contributed by atoms with E-state index in [1.807, 2.05) is 31.2 Å². The summed E-state index contributed by atoms with van der Waals surface area (Å²) in [5, 5.41) is 2.97. The monoisotopic (exact) mass is 249 g/mol. The van der Waals surface area contributed by atoms with Crippen molar-refractivity contribution in [3.63, 3.8) is 0 Å². The van der Waals surface area contributed by atoms with E-state index in [-0.39, 0.29) is 17.5 Å². The molecule has 0 saturated carbocycles. The molecule has 16 heavy (non-hydrogen) atoms. The number of hydrogen-bond acceptors (Lipinski definition) is 2. The van der Waals surface area contributed by atoms with Gasteiger partial charge in [0.05, 0.1) is 0 Å².